The number of phenols is 12. The number of nitrogens with zero attached hydrogens (tertiary/aromatic N) is 6. The molecular weight excluding hydrogens is 1660 g/mol. The van der Waals surface area contributed by atoms with Crippen molar-refractivity contribution in [3.8, 4) is 80.4 Å². The molecule has 0 radical (unpaired) electrons. The van der Waals surface area contributed by atoms with E-state index in [0.717, 1.165) is 30.8 Å². The van der Waals surface area contributed by atoms with E-state index in [1.807, 2.05) is 12.1 Å². The summed E-state index contributed by atoms with van der Waals surface area (Å²) in [5.74, 6) is -8.77. The van der Waals surface area contributed by atoms with Crippen LogP contribution in [-0.4, -0.2) is 134 Å². The SMILES string of the molecule is COc1ccc(C(=O)NN=Cc2ccc(O)c(O)c2O)cc1.O=C(NN=Cc1cc(Cl)ccc1O)c1cccc(Cl)c1.O=C(NN=Cc1ccc(O)c(O)c1O)c1cc(C(F)(F)F)cc(C(F)(F)F)c1.O=C(NN=Cc1ccc(O)c(O)c1O)c1cccc(Cl)c1-n1cccc1.O=C(NN=Cc1cccc(O)c1O)c1ccc(Cl)c(Cl)c1. The van der Waals surface area contributed by atoms with E-state index in [-0.39, 0.29) is 62.7 Å². The lowest BCUT2D eigenvalue weighted by atomic mass is 10.0. The van der Waals surface area contributed by atoms with Crippen LogP contribution in [0, 0.1) is 0 Å². The minimum absolute atomic E-state index is 0.0233. The zero-order valence-corrected chi connectivity index (χ0v) is 62.9. The molecule has 0 aliphatic heterocycles. The maximum atomic E-state index is 12.8. The molecule has 11 aromatic rings. The molecule has 0 aliphatic carbocycles. The number of phenolic OH excluding ortho intramolecular Hbond substituents is 12. The number of hydrogen-bond donors (Lipinski definition) is 17. The number of halogens is 11. The van der Waals surface area contributed by atoms with Gasteiger partial charge in [0.05, 0.1) is 75.6 Å². The summed E-state index contributed by atoms with van der Waals surface area (Å²) in [6.07, 6.45) is -1.14. The molecule has 0 unspecified atom stereocenters. The predicted octanol–water partition coefficient (Wildman–Crippen LogP) is 14.8. The Labute approximate surface area is 680 Å². The smallest absolute Gasteiger partial charge is 0.416 e. The second kappa shape index (κ2) is 41.4. The van der Waals surface area contributed by atoms with Crippen molar-refractivity contribution in [2.45, 2.75) is 12.4 Å². The number of carbonyl (C=O) groups excluding carboxylic acids is 5. The van der Waals surface area contributed by atoms with Gasteiger partial charge in [-0.15, -0.1) is 0 Å². The summed E-state index contributed by atoms with van der Waals surface area (Å²) >= 11 is 29.4. The van der Waals surface area contributed by atoms with Gasteiger partial charge in [0, 0.05) is 72.5 Å². The van der Waals surface area contributed by atoms with Gasteiger partial charge in [0.15, 0.2) is 46.0 Å². The summed E-state index contributed by atoms with van der Waals surface area (Å²) in [5.41, 5.74) is 9.29. The van der Waals surface area contributed by atoms with Gasteiger partial charge in [0.25, 0.3) is 29.5 Å². The second-order valence-electron chi connectivity index (χ2n) is 22.9. The minimum atomic E-state index is -5.12. The number of ether oxygens (including phenoxy) is 1. The molecule has 0 spiro atoms. The molecule has 5 amide bonds. The molecule has 1 heterocycles. The van der Waals surface area contributed by atoms with Gasteiger partial charge in [-0.2, -0.15) is 51.8 Å². The molecule has 0 bridgehead atoms. The monoisotopic (exact) mass is 1710 g/mol. The molecule has 117 heavy (non-hydrogen) atoms. The summed E-state index contributed by atoms with van der Waals surface area (Å²) in [6, 6.07) is 42.3. The van der Waals surface area contributed by atoms with Crippen LogP contribution in [-0.2, 0) is 12.4 Å². The zero-order chi connectivity index (χ0) is 86.0. The van der Waals surface area contributed by atoms with Crippen LogP contribution in [0.15, 0.2) is 226 Å². The van der Waals surface area contributed by atoms with Crippen molar-refractivity contribution in [2.24, 2.45) is 25.5 Å². The largest absolute Gasteiger partial charge is 0.507 e. The lowest BCUT2D eigenvalue weighted by Crippen LogP contribution is -2.20. The number of rotatable bonds is 17. The van der Waals surface area contributed by atoms with Crippen LogP contribution in [0.1, 0.15) is 90.7 Å². The average molecular weight is 1720 g/mol. The Morgan fingerprint density at radius 2 is 0.735 bits per heavy atom. The molecular formula is C77H58Cl5F6N11O18. The number of nitrogens with one attached hydrogen (secondary N) is 5. The van der Waals surface area contributed by atoms with Gasteiger partial charge in [-0.3, -0.25) is 24.0 Å². The first-order valence-corrected chi connectivity index (χ1v) is 34.2. The summed E-state index contributed by atoms with van der Waals surface area (Å²) in [6.45, 7) is 0. The third-order valence-electron chi connectivity index (χ3n) is 14.9. The third kappa shape index (κ3) is 25.8. The summed E-state index contributed by atoms with van der Waals surface area (Å²) in [5, 5.41) is 133. The Kier molecular flexibility index (Phi) is 31.8. The van der Waals surface area contributed by atoms with Crippen molar-refractivity contribution in [1.82, 2.24) is 31.7 Å². The summed E-state index contributed by atoms with van der Waals surface area (Å²) in [4.78, 5) is 59.7. The van der Waals surface area contributed by atoms with Crippen LogP contribution >= 0.6 is 58.0 Å². The molecule has 40 heteroatoms. The van der Waals surface area contributed by atoms with Crippen LogP contribution in [0.2, 0.25) is 25.1 Å². The molecule has 0 saturated carbocycles. The molecule has 17 N–H and O–H groups in total. The van der Waals surface area contributed by atoms with E-state index in [2.05, 4.69) is 47.2 Å². The van der Waals surface area contributed by atoms with Gasteiger partial charge in [0.1, 0.15) is 11.5 Å². The number of aromatic hydroxyl groups is 12. The first-order chi connectivity index (χ1) is 55.4. The number of hydrogen-bond acceptors (Lipinski definition) is 23. The van der Waals surface area contributed by atoms with Crippen molar-refractivity contribution in [2.75, 3.05) is 7.11 Å². The van der Waals surface area contributed by atoms with E-state index >= 15 is 0 Å². The highest BCUT2D eigenvalue weighted by molar-refractivity contribution is 6.42. The van der Waals surface area contributed by atoms with E-state index in [0.29, 0.717) is 59.3 Å². The number of methoxy groups -OCH3 is 1. The topological polar surface area (TPSA) is 464 Å². The number of carbonyl (C=O) groups is 5. The first kappa shape index (κ1) is 89.8. The predicted molar refractivity (Wildman–Crippen MR) is 421 cm³/mol. The van der Waals surface area contributed by atoms with E-state index in [1.165, 1.54) is 98.4 Å². The van der Waals surface area contributed by atoms with E-state index in [4.69, 9.17) is 67.8 Å². The number of aromatic nitrogens is 1. The van der Waals surface area contributed by atoms with Gasteiger partial charge in [0.2, 0.25) is 17.2 Å². The molecule has 10 aromatic carbocycles. The lowest BCUT2D eigenvalue weighted by Gasteiger charge is -2.13. The average Bonchev–Trinajstić information content (AvgIpc) is 1.34. The number of amides is 5. The second-order valence-corrected chi connectivity index (χ2v) is 25.0. The van der Waals surface area contributed by atoms with Crippen LogP contribution in [0.3, 0.4) is 0 Å². The quantitative estimate of drug-likeness (QED) is 0.0174. The minimum Gasteiger partial charge on any atom is -0.507 e. The molecule has 0 saturated heterocycles. The van der Waals surface area contributed by atoms with Crippen molar-refractivity contribution in [3.63, 3.8) is 0 Å². The lowest BCUT2D eigenvalue weighted by molar-refractivity contribution is -0.143. The highest BCUT2D eigenvalue weighted by Crippen LogP contribution is 2.40. The third-order valence-corrected chi connectivity index (χ3v) is 16.4. The number of hydrazone groups is 5. The Morgan fingerprint density at radius 3 is 1.20 bits per heavy atom. The highest BCUT2D eigenvalue weighted by atomic mass is 35.5. The molecule has 0 atom stereocenters. The van der Waals surface area contributed by atoms with Crippen LogP contribution in [0.5, 0.6) is 74.7 Å². The fraction of sp³-hybridized carbons (Fsp3) is 0.0390. The Bertz CT molecular complexity index is 5580. The van der Waals surface area contributed by atoms with E-state index in [9.17, 15) is 106 Å². The molecule has 29 nitrogen and oxygen atoms in total. The normalized spacial score (nSPS) is 11.1. The molecule has 1 aromatic heterocycles. The van der Waals surface area contributed by atoms with Crippen LogP contribution in [0.25, 0.3) is 5.69 Å². The van der Waals surface area contributed by atoms with Crippen molar-refractivity contribution >= 4 is 119 Å². The van der Waals surface area contributed by atoms with Crippen LogP contribution < -0.4 is 31.9 Å². The Morgan fingerprint density at radius 1 is 0.342 bits per heavy atom. The Balaban J connectivity index is 0.000000203. The van der Waals surface area contributed by atoms with Gasteiger partial charge in [-0.25, -0.2) is 27.1 Å². The van der Waals surface area contributed by atoms with Crippen molar-refractivity contribution < 1.29 is 116 Å². The zero-order valence-electron chi connectivity index (χ0n) is 59.1. The number of para-hydroxylation sites is 2. The first-order valence-electron chi connectivity index (χ1n) is 32.3. The summed E-state index contributed by atoms with van der Waals surface area (Å²) in [7, 11) is 1.53. The standard InChI is InChI=1S/C18H14ClN3O4.C16H10F6N2O4.C15H14N2O5.C14H10Cl2N2O3.C14H10Cl2N2O2/c19-13-5-3-4-12(15(13)22-8-1-2-9-22)18(26)21-20-10-11-6-7-14(23)17(25)16(11)24;17-15(18,19)9-3-8(4-10(5-9)16(20,21)22)14(28)24-23-6-7-1-2-11(25)13(27)12(7)26;1-22-11-5-2-9(3-6-11)15(21)17-16-8-10-4-7-12(18)14(20)13(10)19;15-10-5-4-8(6-11(10)16)14(21)18-17-7-9-2-1-3-12(19)13(9)20;15-11-3-1-2-9(6-11)14(20)18-17-8-10-7-12(16)4-5-13(10)19/h1-10,23-25H,(H,21,26);1-6,25-27H,(H,24,28);2-8,18-20H,1H3,(H,17,21);1-7,19-20H,(H,18,21);1-8,19H,(H,18,20). The van der Waals surface area contributed by atoms with Gasteiger partial charge >= 0.3 is 12.4 Å². The van der Waals surface area contributed by atoms with Gasteiger partial charge < -0.3 is 70.6 Å². The molecule has 11 rings (SSSR count). The van der Waals surface area contributed by atoms with Gasteiger partial charge in [-0.1, -0.05) is 76.2 Å². The van der Waals surface area contributed by atoms with Crippen LogP contribution in [0.4, 0.5) is 26.3 Å². The fourth-order valence-corrected chi connectivity index (χ4v) is 9.95. The van der Waals surface area contributed by atoms with Crippen molar-refractivity contribution in [3.05, 3.63) is 292 Å². The molecule has 0 fully saturated rings. The maximum absolute atomic E-state index is 12.8. The highest BCUT2D eigenvalue weighted by Gasteiger charge is 2.38. The van der Waals surface area contributed by atoms with Gasteiger partial charge in [-0.05, 0) is 170 Å². The van der Waals surface area contributed by atoms with E-state index < -0.39 is 110 Å². The number of benzene rings is 10. The van der Waals surface area contributed by atoms with E-state index in [1.54, 1.807) is 89.1 Å². The summed E-state index contributed by atoms with van der Waals surface area (Å²) < 4.78 is 83.4. The fourth-order valence-electron chi connectivity index (χ4n) is 9.01. The molecule has 0 aliphatic rings. The number of alkyl halides is 6. The molecule has 606 valence electrons. The van der Waals surface area contributed by atoms with Crippen molar-refractivity contribution in [1.29, 1.82) is 0 Å². The maximum Gasteiger partial charge on any atom is 0.416 e. The Hall–Kier alpha value is -14.4.